The molecule has 0 saturated carbocycles. The van der Waals surface area contributed by atoms with Gasteiger partial charge in [0.15, 0.2) is 0 Å². The number of hydrogen-bond donors (Lipinski definition) is 0. The molecule has 20 nitrogen and oxygen atoms in total. The van der Waals surface area contributed by atoms with Gasteiger partial charge in [-0.05, 0) is 234 Å². The summed E-state index contributed by atoms with van der Waals surface area (Å²) in [5.41, 5.74) is 22.2. The molecular formula is C124H136N8O12. The third kappa shape index (κ3) is 21.3. The molecule has 4 aliphatic rings. The Labute approximate surface area is 844 Å². The molecule has 0 aliphatic carbocycles. The number of hydrogen-bond acceptors (Lipinski definition) is 16. The average molecular weight is 1930 g/mol. The maximum atomic E-state index is 6.41. The molecule has 22 rings (SSSR count). The predicted molar refractivity (Wildman–Crippen MR) is 579 cm³/mol. The number of nitrogens with zero attached hydrogens (tertiary/aromatic N) is 8. The van der Waals surface area contributed by atoms with E-state index in [1.54, 1.807) is 0 Å². The van der Waals surface area contributed by atoms with E-state index in [1.807, 2.05) is 12.1 Å². The van der Waals surface area contributed by atoms with Gasteiger partial charge in [0, 0.05) is 151 Å². The minimum atomic E-state index is 0.229. The quantitative estimate of drug-likeness (QED) is 0.0328. The molecule has 0 unspecified atom stereocenters. The Kier molecular flexibility index (Phi) is 31.2. The van der Waals surface area contributed by atoms with E-state index in [2.05, 4.69) is 301 Å². The zero-order valence-electron chi connectivity index (χ0n) is 84.2. The van der Waals surface area contributed by atoms with Crippen molar-refractivity contribution in [1.29, 1.82) is 0 Å². The summed E-state index contributed by atoms with van der Waals surface area (Å²) in [6.07, 6.45) is 16.9. The van der Waals surface area contributed by atoms with Crippen molar-refractivity contribution in [3.63, 3.8) is 0 Å². The Balaban J connectivity index is 0.000000170. The molecule has 20 heteroatoms. The summed E-state index contributed by atoms with van der Waals surface area (Å²) in [7, 11) is 0. The predicted octanol–water partition coefficient (Wildman–Crippen LogP) is 27.5. The van der Waals surface area contributed by atoms with Crippen LogP contribution in [0.25, 0.3) is 155 Å². The molecule has 4 fully saturated rings. The first-order chi connectivity index (χ1) is 71.1. The van der Waals surface area contributed by atoms with Gasteiger partial charge in [-0.3, -0.25) is 9.13 Å². The fourth-order valence-corrected chi connectivity index (χ4v) is 21.2. The van der Waals surface area contributed by atoms with Gasteiger partial charge in [-0.1, -0.05) is 185 Å². The van der Waals surface area contributed by atoms with Gasteiger partial charge in [-0.25, -0.2) is 19.9 Å². The lowest BCUT2D eigenvalue weighted by atomic mass is 9.84. The largest absolute Gasteiger partial charge is 0.381 e. The lowest BCUT2D eigenvalue weighted by Crippen LogP contribution is -2.45. The van der Waals surface area contributed by atoms with Crippen LogP contribution in [0.4, 0.5) is 0 Å². The van der Waals surface area contributed by atoms with Crippen LogP contribution in [0.3, 0.4) is 0 Å². The maximum absolute atomic E-state index is 6.41. The van der Waals surface area contributed by atoms with Gasteiger partial charge in [0.2, 0.25) is 11.9 Å². The molecule has 144 heavy (non-hydrogen) atoms. The van der Waals surface area contributed by atoms with Crippen LogP contribution in [0.5, 0.6) is 0 Å². The van der Waals surface area contributed by atoms with Crippen molar-refractivity contribution in [3.05, 3.63) is 289 Å². The molecule has 4 saturated heterocycles. The van der Waals surface area contributed by atoms with E-state index < -0.39 is 0 Å². The Morgan fingerprint density at radius 3 is 0.840 bits per heavy atom. The Morgan fingerprint density at radius 2 is 0.500 bits per heavy atom. The Hall–Kier alpha value is -12.0. The smallest absolute Gasteiger partial charge is 0.235 e. The monoisotopic (exact) mass is 1930 g/mol. The average Bonchev–Trinajstić information content (AvgIpc) is 1.54. The summed E-state index contributed by atoms with van der Waals surface area (Å²) >= 11 is 0. The number of fused-ring (bicyclic) bond motifs is 15. The second kappa shape index (κ2) is 45.8. The standard InChI is InChI=1S/2C62H68N4O6/c1-3-61(41-71-42-61)39-69-33-17-7-15-31-67-37-45-25-27-53-50(35-45)57-55(65(53)48-21-11-6-12-22-48)29-30-56-58(57)51-36-46(38-68-32-16-8-18-34-70-40-62(4-2)43-72-44-62)26-28-54(51)66(56)60-63-52-24-14-13-23-49(52)59(64-60)47-19-9-5-10-20-47;1-3-61(41-71-42-61)39-69-31-17-7-15-29-67-37-45-25-27-55-50(33-45)52-36-58-53(35-57(52)65(55)48-21-11-6-12-22-48)51-34-46(38-68-30-16-8-18-32-70-40-62(4-2)43-72-44-62)26-28-56(51)66(58)60-63-54-24-14-13-23-49(54)59(64-60)47-19-9-5-10-20-47/h5-6,9-14,19-30,35-36H,3-4,7-8,15-18,31-34,37-44H2,1-2H3;5-6,9-14,19-28,33-36H,3-4,7-8,15-18,29-32,37-44H2,1-2H3. The number of aromatic nitrogens is 8. The highest BCUT2D eigenvalue weighted by Gasteiger charge is 2.40. The van der Waals surface area contributed by atoms with E-state index in [-0.39, 0.29) is 21.7 Å². The molecule has 4 aliphatic heterocycles. The van der Waals surface area contributed by atoms with Crippen LogP contribution in [0.1, 0.15) is 153 Å². The zero-order valence-corrected chi connectivity index (χ0v) is 84.2. The number of ether oxygens (including phenoxy) is 12. The van der Waals surface area contributed by atoms with Crippen molar-refractivity contribution in [2.24, 2.45) is 21.7 Å². The van der Waals surface area contributed by atoms with Crippen LogP contribution in [0, 0.1) is 21.7 Å². The molecule has 0 atom stereocenters. The highest BCUT2D eigenvalue weighted by Crippen LogP contribution is 2.47. The van der Waals surface area contributed by atoms with Gasteiger partial charge in [0.05, 0.1) is 172 Å². The SMILES string of the molecule is CCC1(COCCCCCOCc2ccc3c(c2)c2c4c5cc(COCCCCCOCC6(CC)COC6)ccc5n(-c5nc(-c6ccccc6)c6ccccc6n5)c4ccc2n3-c2ccccc2)COC1.CCC1(COCCCCCOCc2ccc3c(c2)c2cc4c(cc2n3-c2ccccc2)c2cc(COCCCCCOCC3(CC)COC3)ccc2n4-c2nc(-c3ccccc3)c3ccccc3n2)COC1. The normalized spacial score (nSPS) is 15.2. The van der Waals surface area contributed by atoms with Crippen molar-refractivity contribution >= 4 is 109 Å². The number of unbranched alkanes of at least 4 members (excludes halogenated alkanes) is 8. The maximum Gasteiger partial charge on any atom is 0.235 e. The Bertz CT molecular complexity index is 7220. The third-order valence-corrected chi connectivity index (χ3v) is 30.6. The van der Waals surface area contributed by atoms with Crippen LogP contribution >= 0.6 is 0 Å². The molecule has 12 aromatic carbocycles. The Morgan fingerprint density at radius 1 is 0.236 bits per heavy atom. The minimum absolute atomic E-state index is 0.229. The molecule has 10 heterocycles. The topological polar surface area (TPSA) is 182 Å². The van der Waals surface area contributed by atoms with Crippen molar-refractivity contribution in [1.82, 2.24) is 38.2 Å². The van der Waals surface area contributed by atoms with Crippen LogP contribution in [0.15, 0.2) is 267 Å². The summed E-state index contributed by atoms with van der Waals surface area (Å²) < 4.78 is 80.9. The van der Waals surface area contributed by atoms with Crippen LogP contribution in [-0.2, 0) is 83.3 Å². The third-order valence-electron chi connectivity index (χ3n) is 30.6. The van der Waals surface area contributed by atoms with Gasteiger partial charge in [0.25, 0.3) is 0 Å². The fourth-order valence-electron chi connectivity index (χ4n) is 21.2. The molecule has 0 amide bonds. The molecule has 0 N–H and O–H groups in total. The van der Waals surface area contributed by atoms with Crippen molar-refractivity contribution in [2.75, 3.05) is 132 Å². The summed E-state index contributed by atoms with van der Waals surface area (Å²) in [5.74, 6) is 1.27. The lowest BCUT2D eigenvalue weighted by molar-refractivity contribution is -0.150. The van der Waals surface area contributed by atoms with Crippen LogP contribution in [0.2, 0.25) is 0 Å². The van der Waals surface area contributed by atoms with Gasteiger partial charge < -0.3 is 66.0 Å². The summed E-state index contributed by atoms with van der Waals surface area (Å²) in [4.78, 5) is 21.5. The molecule has 744 valence electrons. The van der Waals surface area contributed by atoms with Crippen molar-refractivity contribution in [2.45, 2.75) is 157 Å². The number of rotatable bonds is 50. The molecule has 0 radical (unpaired) electrons. The highest BCUT2D eigenvalue weighted by molar-refractivity contribution is 6.29. The van der Waals surface area contributed by atoms with Gasteiger partial charge >= 0.3 is 0 Å². The second-order valence-corrected chi connectivity index (χ2v) is 40.7. The first-order valence-corrected chi connectivity index (χ1v) is 52.9. The zero-order chi connectivity index (χ0) is 97.5. The summed E-state index contributed by atoms with van der Waals surface area (Å²) in [5, 5.41) is 11.3. The lowest BCUT2D eigenvalue weighted by Gasteiger charge is -2.40. The molecule has 0 bridgehead atoms. The molecular weight excluding hydrogens is 1790 g/mol. The highest BCUT2D eigenvalue weighted by atomic mass is 16.5. The van der Waals surface area contributed by atoms with Crippen LogP contribution < -0.4 is 0 Å². The second-order valence-electron chi connectivity index (χ2n) is 40.7. The van der Waals surface area contributed by atoms with E-state index in [9.17, 15) is 0 Å². The van der Waals surface area contributed by atoms with E-state index in [0.717, 1.165) is 357 Å². The van der Waals surface area contributed by atoms with E-state index in [1.165, 1.54) is 16.2 Å². The fraction of sp³-hybridized carbons (Fsp3) is 0.387. The van der Waals surface area contributed by atoms with Crippen molar-refractivity contribution in [3.8, 4) is 45.8 Å². The first-order valence-electron chi connectivity index (χ1n) is 52.9. The van der Waals surface area contributed by atoms with Gasteiger partial charge in [-0.2, -0.15) is 0 Å². The van der Waals surface area contributed by atoms with E-state index >= 15 is 0 Å². The number of para-hydroxylation sites is 4. The van der Waals surface area contributed by atoms with Gasteiger partial charge in [-0.15, -0.1) is 0 Å². The van der Waals surface area contributed by atoms with Crippen LogP contribution in [-0.4, -0.2) is 170 Å². The molecule has 0 spiro atoms. The molecule has 6 aromatic heterocycles. The first kappa shape index (κ1) is 98.1. The summed E-state index contributed by atoms with van der Waals surface area (Å²) in [6, 6.07) is 95.4. The minimum Gasteiger partial charge on any atom is -0.381 e. The van der Waals surface area contributed by atoms with E-state index in [4.69, 9.17) is 76.8 Å². The number of benzene rings is 12. The van der Waals surface area contributed by atoms with E-state index in [0.29, 0.717) is 64.8 Å². The van der Waals surface area contributed by atoms with Gasteiger partial charge in [0.1, 0.15) is 0 Å². The summed E-state index contributed by atoms with van der Waals surface area (Å²) in [6.45, 7) is 26.8. The molecule has 18 aromatic rings. The van der Waals surface area contributed by atoms with Crippen molar-refractivity contribution < 1.29 is 56.8 Å².